The predicted octanol–water partition coefficient (Wildman–Crippen LogP) is 3.81. The van der Waals surface area contributed by atoms with Crippen molar-refractivity contribution in [1.82, 2.24) is 0 Å². The molecule has 0 saturated carbocycles. The number of hydrogen-bond acceptors (Lipinski definition) is 1. The van der Waals surface area contributed by atoms with E-state index in [1.807, 2.05) is 0 Å². The lowest BCUT2D eigenvalue weighted by Gasteiger charge is -2.20. The molecule has 0 aliphatic carbocycles. The fourth-order valence-electron chi connectivity index (χ4n) is 1.57. The maximum absolute atomic E-state index is 2.37. The second-order valence-corrected chi connectivity index (χ2v) is 4.69. The molecular weight excluding hydrogens is 176 g/mol. The molecule has 68 valence electrons. The predicted molar refractivity (Wildman–Crippen MR) is 60.0 cm³/mol. The van der Waals surface area contributed by atoms with Crippen LogP contribution in [0.3, 0.4) is 0 Å². The van der Waals surface area contributed by atoms with E-state index >= 15 is 0 Å². The third-order valence-corrected chi connectivity index (χ3v) is 3.85. The van der Waals surface area contributed by atoms with Crippen molar-refractivity contribution in [2.75, 3.05) is 5.75 Å². The fourth-order valence-corrected chi connectivity index (χ4v) is 2.73. The minimum absolute atomic E-state index is 0.685. The van der Waals surface area contributed by atoms with Crippen LogP contribution < -0.4 is 0 Å². The van der Waals surface area contributed by atoms with Gasteiger partial charge in [0.2, 0.25) is 0 Å². The van der Waals surface area contributed by atoms with Gasteiger partial charge in [0, 0.05) is 11.0 Å². The molecule has 1 aliphatic rings. The minimum atomic E-state index is 0.685. The normalized spacial score (nSPS) is 22.5. The first-order valence-electron chi connectivity index (χ1n) is 4.68. The minimum Gasteiger partial charge on any atom is -0.149 e. The summed E-state index contributed by atoms with van der Waals surface area (Å²) in [6, 6.07) is 10.8. The molecule has 0 bridgehead atoms. The van der Waals surface area contributed by atoms with E-state index in [1.165, 1.54) is 23.3 Å². The monoisotopic (exact) mass is 190 g/mol. The van der Waals surface area contributed by atoms with E-state index in [2.05, 4.69) is 55.1 Å². The lowest BCUT2D eigenvalue weighted by Crippen LogP contribution is -2.00. The van der Waals surface area contributed by atoms with Crippen LogP contribution in [0, 0.1) is 0 Å². The molecule has 0 fully saturated rings. The van der Waals surface area contributed by atoms with Crippen molar-refractivity contribution < 1.29 is 0 Å². The maximum Gasteiger partial charge on any atom is 0.0335 e. The first-order chi connectivity index (χ1) is 6.36. The summed E-state index contributed by atoms with van der Waals surface area (Å²) in [5, 5.41) is 0.685. The van der Waals surface area contributed by atoms with Crippen molar-refractivity contribution in [3.63, 3.8) is 0 Å². The lowest BCUT2D eigenvalue weighted by atomic mass is 10.1. The van der Waals surface area contributed by atoms with Gasteiger partial charge in [-0.3, -0.25) is 0 Å². The van der Waals surface area contributed by atoms with Crippen molar-refractivity contribution in [3.8, 4) is 0 Å². The highest BCUT2D eigenvalue weighted by Crippen LogP contribution is 2.37. The zero-order valence-electron chi connectivity index (χ0n) is 7.86. The van der Waals surface area contributed by atoms with Crippen LogP contribution in [0.5, 0.6) is 0 Å². The molecule has 13 heavy (non-hydrogen) atoms. The Kier molecular flexibility index (Phi) is 2.74. The molecule has 1 aromatic rings. The summed E-state index contributed by atoms with van der Waals surface area (Å²) in [6.07, 6.45) is 3.56. The van der Waals surface area contributed by atoms with E-state index in [9.17, 15) is 0 Å². The highest BCUT2D eigenvalue weighted by molar-refractivity contribution is 7.99. The number of allylic oxidation sites excluding steroid dienone is 1. The largest absolute Gasteiger partial charge is 0.149 e. The highest BCUT2D eigenvalue weighted by atomic mass is 32.2. The van der Waals surface area contributed by atoms with Crippen LogP contribution in [0.2, 0.25) is 0 Å². The topological polar surface area (TPSA) is 0 Å². The average molecular weight is 190 g/mol. The van der Waals surface area contributed by atoms with E-state index in [4.69, 9.17) is 0 Å². The Morgan fingerprint density at radius 3 is 2.62 bits per heavy atom. The van der Waals surface area contributed by atoms with Gasteiger partial charge in [0.25, 0.3) is 0 Å². The number of hydrogen-bond donors (Lipinski definition) is 0. The van der Waals surface area contributed by atoms with Crippen molar-refractivity contribution in [2.24, 2.45) is 0 Å². The molecule has 0 N–H and O–H groups in total. The third-order valence-electron chi connectivity index (χ3n) is 2.36. The lowest BCUT2D eigenvalue weighted by molar-refractivity contribution is 0.944. The molecule has 0 saturated heterocycles. The quantitative estimate of drug-likeness (QED) is 0.607. The van der Waals surface area contributed by atoms with Gasteiger partial charge in [0.15, 0.2) is 0 Å². The Balaban J connectivity index is 2.12. The van der Waals surface area contributed by atoms with Crippen molar-refractivity contribution >= 4 is 11.8 Å². The van der Waals surface area contributed by atoms with E-state index < -0.39 is 0 Å². The Morgan fingerprint density at radius 1 is 1.23 bits per heavy atom. The maximum atomic E-state index is 2.37. The first kappa shape index (κ1) is 8.89. The Bertz CT molecular complexity index is 300. The Hall–Kier alpha value is -0.690. The van der Waals surface area contributed by atoms with Crippen LogP contribution in [-0.2, 0) is 0 Å². The van der Waals surface area contributed by atoms with Crippen LogP contribution in [0.1, 0.15) is 24.2 Å². The zero-order valence-corrected chi connectivity index (χ0v) is 8.68. The number of benzene rings is 1. The van der Waals surface area contributed by atoms with E-state index in [-0.39, 0.29) is 0 Å². The summed E-state index contributed by atoms with van der Waals surface area (Å²) < 4.78 is 0. The Morgan fingerprint density at radius 2 is 2.00 bits per heavy atom. The van der Waals surface area contributed by atoms with Gasteiger partial charge in [-0.1, -0.05) is 42.0 Å². The molecule has 0 nitrogen and oxygen atoms in total. The van der Waals surface area contributed by atoms with Gasteiger partial charge < -0.3 is 0 Å². The summed E-state index contributed by atoms with van der Waals surface area (Å²) in [5.74, 6) is 1.19. The van der Waals surface area contributed by atoms with Crippen molar-refractivity contribution in [2.45, 2.75) is 18.6 Å². The molecule has 1 aliphatic heterocycles. The molecule has 1 unspecified atom stereocenters. The molecular formula is C12H14S. The van der Waals surface area contributed by atoms with Crippen molar-refractivity contribution in [3.05, 3.63) is 47.5 Å². The van der Waals surface area contributed by atoms with Crippen LogP contribution in [0.4, 0.5) is 0 Å². The molecule has 0 radical (unpaired) electrons. The van der Waals surface area contributed by atoms with Gasteiger partial charge in [0.05, 0.1) is 0 Å². The van der Waals surface area contributed by atoms with Gasteiger partial charge in [0.1, 0.15) is 0 Å². The summed E-state index contributed by atoms with van der Waals surface area (Å²) in [5.41, 5.74) is 2.99. The summed E-state index contributed by atoms with van der Waals surface area (Å²) in [4.78, 5) is 0. The smallest absolute Gasteiger partial charge is 0.0335 e. The number of thioether (sulfide) groups is 1. The van der Waals surface area contributed by atoms with Crippen LogP contribution in [0.25, 0.3) is 0 Å². The SMILES string of the molecule is CC1=CCC(c2ccccc2)SC1. The van der Waals surface area contributed by atoms with Gasteiger partial charge in [-0.05, 0) is 18.9 Å². The summed E-state index contributed by atoms with van der Waals surface area (Å²) >= 11 is 2.06. The molecule has 0 aromatic heterocycles. The summed E-state index contributed by atoms with van der Waals surface area (Å²) in [6.45, 7) is 2.22. The zero-order chi connectivity index (χ0) is 9.10. The molecule has 2 rings (SSSR count). The van der Waals surface area contributed by atoms with Crippen LogP contribution >= 0.6 is 11.8 Å². The average Bonchev–Trinajstić information content (AvgIpc) is 2.20. The second-order valence-electron chi connectivity index (χ2n) is 3.50. The van der Waals surface area contributed by atoms with E-state index in [0.29, 0.717) is 5.25 Å². The molecule has 1 atom stereocenters. The molecule has 0 amide bonds. The van der Waals surface area contributed by atoms with Crippen LogP contribution in [-0.4, -0.2) is 5.75 Å². The molecule has 1 heteroatoms. The third kappa shape index (κ3) is 2.16. The van der Waals surface area contributed by atoms with E-state index in [1.54, 1.807) is 0 Å². The fraction of sp³-hybridized carbons (Fsp3) is 0.333. The second kappa shape index (κ2) is 4.01. The molecule has 1 heterocycles. The molecule has 1 aromatic carbocycles. The Labute approximate surface area is 84.0 Å². The van der Waals surface area contributed by atoms with Gasteiger partial charge in [-0.2, -0.15) is 0 Å². The van der Waals surface area contributed by atoms with Crippen molar-refractivity contribution in [1.29, 1.82) is 0 Å². The van der Waals surface area contributed by atoms with Gasteiger partial charge in [-0.15, -0.1) is 11.8 Å². The first-order valence-corrected chi connectivity index (χ1v) is 5.73. The van der Waals surface area contributed by atoms with Crippen LogP contribution in [0.15, 0.2) is 42.0 Å². The van der Waals surface area contributed by atoms with E-state index in [0.717, 1.165) is 0 Å². The van der Waals surface area contributed by atoms with Gasteiger partial charge >= 0.3 is 0 Å². The molecule has 0 spiro atoms. The summed E-state index contributed by atoms with van der Waals surface area (Å²) in [7, 11) is 0. The number of rotatable bonds is 1. The standard InChI is InChI=1S/C12H14S/c1-10-7-8-12(13-9-10)11-5-3-2-4-6-11/h2-7,12H,8-9H2,1H3. The van der Waals surface area contributed by atoms with Gasteiger partial charge in [-0.25, -0.2) is 0 Å². The highest BCUT2D eigenvalue weighted by Gasteiger charge is 2.13.